The zero-order valence-corrected chi connectivity index (χ0v) is 13.1. The van der Waals surface area contributed by atoms with E-state index in [1.165, 1.54) is 16.7 Å². The molecule has 2 aromatic rings. The Labute approximate surface area is 139 Å². The molecule has 0 radical (unpaired) electrons. The number of nitrogens with zero attached hydrogens (tertiary/aromatic N) is 4. The normalized spacial score (nSPS) is 14.0. The molecular weight excluding hydrogens is 328 g/mol. The molecule has 3 rings (SSSR count). The topological polar surface area (TPSA) is 113 Å². The second kappa shape index (κ2) is 6.11. The van der Waals surface area contributed by atoms with Crippen LogP contribution in [0.4, 0.5) is 5.69 Å². The number of benzene rings is 1. The van der Waals surface area contributed by atoms with E-state index >= 15 is 0 Å². The van der Waals surface area contributed by atoms with Gasteiger partial charge in [0.1, 0.15) is 16.8 Å². The fourth-order valence-corrected chi connectivity index (χ4v) is 3.45. The Hall–Kier alpha value is -3.23. The van der Waals surface area contributed by atoms with Gasteiger partial charge in [-0.05, 0) is 24.5 Å². The molecule has 0 aliphatic heterocycles. The SMILES string of the molecule is N#CC(C#N)=c1sc(=Cc2cccc([N+](=O)[O-])c2)c(=O)n1C1CC1. The summed E-state index contributed by atoms with van der Waals surface area (Å²) in [6.45, 7) is 0. The molecule has 1 aliphatic rings. The zero-order chi connectivity index (χ0) is 17.3. The maximum atomic E-state index is 12.6. The maximum absolute atomic E-state index is 12.6. The highest BCUT2D eigenvalue weighted by atomic mass is 32.1. The van der Waals surface area contributed by atoms with Gasteiger partial charge in [-0.1, -0.05) is 12.1 Å². The molecule has 8 heteroatoms. The molecule has 0 N–H and O–H groups in total. The number of hydrogen-bond donors (Lipinski definition) is 0. The van der Waals surface area contributed by atoms with Crippen LogP contribution in [0.3, 0.4) is 0 Å². The lowest BCUT2D eigenvalue weighted by Gasteiger charge is -1.96. The third-order valence-corrected chi connectivity index (χ3v) is 4.69. The molecule has 0 atom stereocenters. The molecular formula is C16H10N4O3S. The van der Waals surface area contributed by atoms with E-state index in [9.17, 15) is 14.9 Å². The van der Waals surface area contributed by atoms with Gasteiger partial charge in [0.2, 0.25) is 0 Å². The van der Waals surface area contributed by atoms with E-state index in [-0.39, 0.29) is 22.9 Å². The molecule has 0 amide bonds. The van der Waals surface area contributed by atoms with Crippen LogP contribution in [0, 0.1) is 32.8 Å². The molecule has 7 nitrogen and oxygen atoms in total. The van der Waals surface area contributed by atoms with E-state index in [1.54, 1.807) is 18.2 Å². The van der Waals surface area contributed by atoms with Crippen molar-refractivity contribution in [3.05, 3.63) is 59.5 Å². The first-order valence-electron chi connectivity index (χ1n) is 7.07. The van der Waals surface area contributed by atoms with Crippen molar-refractivity contribution in [1.82, 2.24) is 4.57 Å². The molecule has 0 saturated heterocycles. The van der Waals surface area contributed by atoms with Crippen molar-refractivity contribution in [1.29, 1.82) is 10.5 Å². The molecule has 0 spiro atoms. The number of non-ortho nitro benzene ring substituents is 1. The first-order chi connectivity index (χ1) is 11.5. The summed E-state index contributed by atoms with van der Waals surface area (Å²) in [4.78, 5) is 23.0. The van der Waals surface area contributed by atoms with Gasteiger partial charge in [0.25, 0.3) is 11.2 Å². The zero-order valence-electron chi connectivity index (χ0n) is 12.3. The predicted molar refractivity (Wildman–Crippen MR) is 87.4 cm³/mol. The highest BCUT2D eigenvalue weighted by Gasteiger charge is 2.27. The first-order valence-corrected chi connectivity index (χ1v) is 7.89. The fourth-order valence-electron chi connectivity index (χ4n) is 2.34. The summed E-state index contributed by atoms with van der Waals surface area (Å²) in [6, 6.07) is 9.61. The summed E-state index contributed by atoms with van der Waals surface area (Å²) in [7, 11) is 0. The van der Waals surface area contributed by atoms with Gasteiger partial charge in [0, 0.05) is 18.2 Å². The third-order valence-electron chi connectivity index (χ3n) is 3.58. The minimum atomic E-state index is -0.503. The van der Waals surface area contributed by atoms with Crippen molar-refractivity contribution < 1.29 is 4.92 Å². The summed E-state index contributed by atoms with van der Waals surface area (Å²) in [5, 5.41) is 29.0. The number of aromatic nitrogens is 1. The second-order valence-electron chi connectivity index (χ2n) is 5.27. The van der Waals surface area contributed by atoms with Gasteiger partial charge in [0.15, 0.2) is 5.57 Å². The van der Waals surface area contributed by atoms with Crippen LogP contribution in [0.1, 0.15) is 24.4 Å². The van der Waals surface area contributed by atoms with E-state index < -0.39 is 4.92 Å². The summed E-state index contributed by atoms with van der Waals surface area (Å²) in [5.74, 6) is 0. The van der Waals surface area contributed by atoms with Crippen LogP contribution in [0.2, 0.25) is 0 Å². The van der Waals surface area contributed by atoms with Crippen LogP contribution in [0.15, 0.2) is 29.1 Å². The number of nitro benzene ring substituents is 1. The number of thiazole rings is 1. The predicted octanol–water partition coefficient (Wildman–Crippen LogP) is 1.18. The van der Waals surface area contributed by atoms with Crippen LogP contribution >= 0.6 is 11.3 Å². The average molecular weight is 338 g/mol. The molecule has 1 aromatic carbocycles. The number of rotatable bonds is 3. The smallest absolute Gasteiger partial charge is 0.270 e. The lowest BCUT2D eigenvalue weighted by molar-refractivity contribution is -0.384. The molecule has 1 fully saturated rings. The molecule has 1 aliphatic carbocycles. The number of hydrogen-bond acceptors (Lipinski definition) is 6. The van der Waals surface area contributed by atoms with Crippen molar-refractivity contribution in [2.24, 2.45) is 0 Å². The van der Waals surface area contributed by atoms with Gasteiger partial charge in [-0.3, -0.25) is 19.5 Å². The minimum absolute atomic E-state index is 0.0210. The summed E-state index contributed by atoms with van der Waals surface area (Å²) in [5.41, 5.74) is 0.0894. The molecule has 0 unspecified atom stereocenters. The lowest BCUT2D eigenvalue weighted by atomic mass is 10.2. The molecule has 118 valence electrons. The van der Waals surface area contributed by atoms with Gasteiger partial charge in [0.05, 0.1) is 9.46 Å². The highest BCUT2D eigenvalue weighted by molar-refractivity contribution is 7.07. The maximum Gasteiger partial charge on any atom is 0.270 e. The van der Waals surface area contributed by atoms with Gasteiger partial charge in [-0.15, -0.1) is 11.3 Å². The number of nitro groups is 1. The van der Waals surface area contributed by atoms with E-state index in [0.29, 0.717) is 14.8 Å². The Morgan fingerprint density at radius 1 is 1.38 bits per heavy atom. The number of nitriles is 2. The molecule has 1 saturated carbocycles. The van der Waals surface area contributed by atoms with E-state index in [4.69, 9.17) is 10.5 Å². The van der Waals surface area contributed by atoms with Crippen molar-refractivity contribution >= 4 is 28.7 Å². The minimum Gasteiger partial charge on any atom is -0.294 e. The monoisotopic (exact) mass is 338 g/mol. The van der Waals surface area contributed by atoms with Gasteiger partial charge >= 0.3 is 0 Å². The molecule has 24 heavy (non-hydrogen) atoms. The van der Waals surface area contributed by atoms with Crippen LogP contribution in [-0.4, -0.2) is 9.49 Å². The van der Waals surface area contributed by atoms with Gasteiger partial charge < -0.3 is 0 Å². The lowest BCUT2D eigenvalue weighted by Crippen LogP contribution is -2.31. The fraction of sp³-hybridized carbons (Fsp3) is 0.188. The average Bonchev–Trinajstić information content (AvgIpc) is 3.35. The quantitative estimate of drug-likeness (QED) is 0.616. The summed E-state index contributed by atoms with van der Waals surface area (Å²) >= 11 is 1.06. The molecule has 1 heterocycles. The molecule has 1 aromatic heterocycles. The Kier molecular flexibility index (Phi) is 3.98. The van der Waals surface area contributed by atoms with Crippen molar-refractivity contribution in [3.63, 3.8) is 0 Å². The van der Waals surface area contributed by atoms with E-state index in [0.717, 1.165) is 24.2 Å². The Bertz CT molecular complexity index is 1080. The molecule has 0 bridgehead atoms. The first kappa shape index (κ1) is 15.7. The summed E-state index contributed by atoms with van der Waals surface area (Å²) < 4.78 is 2.19. The Balaban J connectivity index is 2.26. The standard InChI is InChI=1S/C16H10N4O3S/c17-8-11(9-18)16-19(12-4-5-12)15(21)14(24-16)7-10-2-1-3-13(6-10)20(22)23/h1-3,6-7,12H,4-5H2. The third kappa shape index (κ3) is 2.83. The van der Waals surface area contributed by atoms with Crippen LogP contribution in [0.5, 0.6) is 0 Å². The van der Waals surface area contributed by atoms with Crippen LogP contribution in [0.25, 0.3) is 11.6 Å². The van der Waals surface area contributed by atoms with Crippen molar-refractivity contribution in [2.75, 3.05) is 0 Å². The van der Waals surface area contributed by atoms with E-state index in [1.807, 2.05) is 12.1 Å². The van der Waals surface area contributed by atoms with Crippen LogP contribution in [-0.2, 0) is 0 Å². The highest BCUT2D eigenvalue weighted by Crippen LogP contribution is 2.32. The van der Waals surface area contributed by atoms with Crippen molar-refractivity contribution in [2.45, 2.75) is 18.9 Å². The summed E-state index contributed by atoms with van der Waals surface area (Å²) in [6.07, 6.45) is 3.23. The van der Waals surface area contributed by atoms with Gasteiger partial charge in [-0.25, -0.2) is 0 Å². The largest absolute Gasteiger partial charge is 0.294 e. The second-order valence-corrected chi connectivity index (χ2v) is 6.30. The van der Waals surface area contributed by atoms with Crippen molar-refractivity contribution in [3.8, 4) is 12.1 Å². The van der Waals surface area contributed by atoms with Crippen LogP contribution < -0.4 is 14.8 Å². The van der Waals surface area contributed by atoms with Gasteiger partial charge in [-0.2, -0.15) is 10.5 Å². The Morgan fingerprint density at radius 3 is 2.67 bits per heavy atom. The van der Waals surface area contributed by atoms with E-state index in [2.05, 4.69) is 0 Å². The Morgan fingerprint density at radius 2 is 2.08 bits per heavy atom.